The molecule has 4 nitrogen and oxygen atoms in total. The van der Waals surface area contributed by atoms with Crippen LogP contribution in [0.2, 0.25) is 0 Å². The molecule has 2 aromatic carbocycles. The third kappa shape index (κ3) is 6.42. The second-order valence-electron chi connectivity index (χ2n) is 6.35. The van der Waals surface area contributed by atoms with Gasteiger partial charge in [-0.2, -0.15) is 0 Å². The van der Waals surface area contributed by atoms with Crippen molar-refractivity contribution in [1.29, 1.82) is 0 Å². The number of hydrogen-bond donors (Lipinski definition) is 2. The van der Waals surface area contributed by atoms with E-state index in [-0.39, 0.29) is 6.42 Å². The molecule has 2 atom stereocenters. The van der Waals surface area contributed by atoms with E-state index in [4.69, 9.17) is 0 Å². The third-order valence-electron chi connectivity index (χ3n) is 4.52. The molecule has 25 heavy (non-hydrogen) atoms. The van der Waals surface area contributed by atoms with Crippen LogP contribution in [-0.2, 0) is 22.4 Å². The van der Waals surface area contributed by atoms with Crippen molar-refractivity contribution in [3.63, 3.8) is 0 Å². The van der Waals surface area contributed by atoms with E-state index >= 15 is 0 Å². The van der Waals surface area contributed by atoms with Gasteiger partial charge in [-0.15, -0.1) is 0 Å². The Morgan fingerprint density at radius 2 is 1.04 bits per heavy atom. The molecule has 0 aliphatic heterocycles. The lowest BCUT2D eigenvalue weighted by Gasteiger charge is -2.18. The van der Waals surface area contributed by atoms with Crippen LogP contribution < -0.4 is 0 Å². The average molecular weight is 340 g/mol. The van der Waals surface area contributed by atoms with Crippen molar-refractivity contribution in [2.75, 3.05) is 0 Å². The maximum Gasteiger partial charge on any atom is 0.306 e. The van der Waals surface area contributed by atoms with E-state index in [1.165, 1.54) is 0 Å². The number of carboxylic acids is 2. The fourth-order valence-electron chi connectivity index (χ4n) is 3.00. The number of aryl methyl sites for hydroxylation is 2. The van der Waals surface area contributed by atoms with Crippen molar-refractivity contribution in [1.82, 2.24) is 0 Å². The third-order valence-corrected chi connectivity index (χ3v) is 4.52. The highest BCUT2D eigenvalue weighted by atomic mass is 16.4. The van der Waals surface area contributed by atoms with Gasteiger partial charge in [0.15, 0.2) is 0 Å². The first-order chi connectivity index (χ1) is 12.1. The zero-order chi connectivity index (χ0) is 18.1. The summed E-state index contributed by atoms with van der Waals surface area (Å²) in [6.45, 7) is 0. The Hall–Kier alpha value is -2.62. The highest BCUT2D eigenvalue weighted by Gasteiger charge is 2.26. The van der Waals surface area contributed by atoms with E-state index in [1.807, 2.05) is 60.7 Å². The summed E-state index contributed by atoms with van der Waals surface area (Å²) in [5, 5.41) is 18.9. The van der Waals surface area contributed by atoms with Crippen LogP contribution in [0.4, 0.5) is 0 Å². The summed E-state index contributed by atoms with van der Waals surface area (Å²) in [6.07, 6.45) is 2.36. The SMILES string of the molecule is O=C(O)C(CCc1ccccc1)C[C@@H](CCc1ccccc1)C(=O)O. The smallest absolute Gasteiger partial charge is 0.306 e. The van der Waals surface area contributed by atoms with Gasteiger partial charge in [-0.3, -0.25) is 9.59 Å². The van der Waals surface area contributed by atoms with E-state index in [0.29, 0.717) is 25.7 Å². The number of aliphatic carboxylic acids is 2. The van der Waals surface area contributed by atoms with Crippen LogP contribution in [0.5, 0.6) is 0 Å². The van der Waals surface area contributed by atoms with E-state index in [9.17, 15) is 19.8 Å². The number of rotatable bonds is 10. The van der Waals surface area contributed by atoms with Crippen LogP contribution in [0.1, 0.15) is 30.4 Å². The first-order valence-electron chi connectivity index (χ1n) is 8.59. The van der Waals surface area contributed by atoms with Crippen LogP contribution in [0.25, 0.3) is 0 Å². The molecule has 1 unspecified atom stereocenters. The summed E-state index contributed by atoms with van der Waals surface area (Å²) >= 11 is 0. The van der Waals surface area contributed by atoms with E-state index in [2.05, 4.69) is 0 Å². The number of benzene rings is 2. The van der Waals surface area contributed by atoms with Gasteiger partial charge in [-0.25, -0.2) is 0 Å². The van der Waals surface area contributed by atoms with E-state index in [0.717, 1.165) is 11.1 Å². The normalized spacial score (nSPS) is 13.1. The molecule has 2 aromatic rings. The van der Waals surface area contributed by atoms with Crippen LogP contribution in [0.15, 0.2) is 60.7 Å². The molecular formula is C21H24O4. The molecule has 0 amide bonds. The van der Waals surface area contributed by atoms with Crippen molar-refractivity contribution in [3.8, 4) is 0 Å². The van der Waals surface area contributed by atoms with Crippen molar-refractivity contribution in [3.05, 3.63) is 71.8 Å². The maximum atomic E-state index is 11.6. The van der Waals surface area contributed by atoms with Crippen LogP contribution in [-0.4, -0.2) is 22.2 Å². The first kappa shape index (κ1) is 18.7. The second kappa shape index (κ2) is 9.62. The topological polar surface area (TPSA) is 74.6 Å². The van der Waals surface area contributed by atoms with Crippen LogP contribution in [0.3, 0.4) is 0 Å². The maximum absolute atomic E-state index is 11.6. The van der Waals surface area contributed by atoms with Gasteiger partial charge in [0.05, 0.1) is 11.8 Å². The first-order valence-corrected chi connectivity index (χ1v) is 8.59. The minimum atomic E-state index is -0.915. The monoisotopic (exact) mass is 340 g/mol. The Bertz CT molecular complexity index is 607. The predicted octanol–water partition coefficient (Wildman–Crippen LogP) is 4.04. The minimum Gasteiger partial charge on any atom is -0.481 e. The second-order valence-corrected chi connectivity index (χ2v) is 6.35. The Balaban J connectivity index is 1.93. The molecule has 0 aromatic heterocycles. The lowest BCUT2D eigenvalue weighted by atomic mass is 9.86. The minimum absolute atomic E-state index is 0.171. The summed E-state index contributed by atoms with van der Waals surface area (Å²) in [5.74, 6) is -3.11. The summed E-state index contributed by atoms with van der Waals surface area (Å²) < 4.78 is 0. The summed E-state index contributed by atoms with van der Waals surface area (Å²) in [6, 6.07) is 19.4. The molecule has 0 radical (unpaired) electrons. The van der Waals surface area contributed by atoms with Gasteiger partial charge in [0, 0.05) is 0 Å². The fraction of sp³-hybridized carbons (Fsp3) is 0.333. The Morgan fingerprint density at radius 3 is 1.36 bits per heavy atom. The molecular weight excluding hydrogens is 316 g/mol. The van der Waals surface area contributed by atoms with Crippen molar-refractivity contribution < 1.29 is 19.8 Å². The molecule has 0 saturated heterocycles. The number of carbonyl (C=O) groups is 2. The molecule has 0 heterocycles. The molecule has 0 aliphatic carbocycles. The van der Waals surface area contributed by atoms with Gasteiger partial charge >= 0.3 is 11.9 Å². The standard InChI is InChI=1S/C21H24O4/c22-20(23)18(13-11-16-7-3-1-4-8-16)15-19(21(24)25)14-12-17-9-5-2-6-10-17/h1-10,18-19H,11-15H2,(H,22,23)(H,24,25)/t18-,19?/m1/s1. The molecule has 4 heteroatoms. The number of carboxylic acid groups (broad SMARTS) is 2. The van der Waals surface area contributed by atoms with Crippen LogP contribution >= 0.6 is 0 Å². The van der Waals surface area contributed by atoms with Gasteiger partial charge < -0.3 is 10.2 Å². The Labute approximate surface area is 148 Å². The van der Waals surface area contributed by atoms with Crippen molar-refractivity contribution in [2.24, 2.45) is 11.8 Å². The lowest BCUT2D eigenvalue weighted by Crippen LogP contribution is -2.24. The molecule has 0 saturated carbocycles. The van der Waals surface area contributed by atoms with Gasteiger partial charge in [0.25, 0.3) is 0 Å². The zero-order valence-corrected chi connectivity index (χ0v) is 14.2. The van der Waals surface area contributed by atoms with Crippen molar-refractivity contribution in [2.45, 2.75) is 32.1 Å². The highest BCUT2D eigenvalue weighted by Crippen LogP contribution is 2.23. The molecule has 132 valence electrons. The molecule has 0 spiro atoms. The van der Waals surface area contributed by atoms with E-state index in [1.54, 1.807) is 0 Å². The van der Waals surface area contributed by atoms with Gasteiger partial charge in [-0.05, 0) is 43.2 Å². The molecule has 0 fully saturated rings. The largest absolute Gasteiger partial charge is 0.481 e. The Morgan fingerprint density at radius 1 is 0.680 bits per heavy atom. The average Bonchev–Trinajstić information content (AvgIpc) is 2.62. The molecule has 0 bridgehead atoms. The molecule has 2 rings (SSSR count). The summed E-state index contributed by atoms with van der Waals surface area (Å²) in [5.41, 5.74) is 2.15. The van der Waals surface area contributed by atoms with Gasteiger partial charge in [0.1, 0.15) is 0 Å². The number of hydrogen-bond acceptors (Lipinski definition) is 2. The zero-order valence-electron chi connectivity index (χ0n) is 14.2. The summed E-state index contributed by atoms with van der Waals surface area (Å²) in [7, 11) is 0. The highest BCUT2D eigenvalue weighted by molar-refractivity contribution is 5.73. The lowest BCUT2D eigenvalue weighted by molar-refractivity contribution is -0.146. The van der Waals surface area contributed by atoms with Crippen molar-refractivity contribution >= 4 is 11.9 Å². The summed E-state index contributed by atoms with van der Waals surface area (Å²) in [4.78, 5) is 23.1. The van der Waals surface area contributed by atoms with E-state index < -0.39 is 23.8 Å². The van der Waals surface area contributed by atoms with Crippen LogP contribution in [0, 0.1) is 11.8 Å². The molecule has 0 aliphatic rings. The van der Waals surface area contributed by atoms with Gasteiger partial charge in [-0.1, -0.05) is 60.7 Å². The van der Waals surface area contributed by atoms with Gasteiger partial charge in [0.2, 0.25) is 0 Å². The molecule has 2 N–H and O–H groups in total. The fourth-order valence-corrected chi connectivity index (χ4v) is 3.00. The Kier molecular flexibility index (Phi) is 7.20. The quantitative estimate of drug-likeness (QED) is 0.684. The predicted molar refractivity (Wildman–Crippen MR) is 96.4 cm³/mol.